The maximum Gasteiger partial charge on any atom is 0.140 e. The van der Waals surface area contributed by atoms with Gasteiger partial charge in [-0.05, 0) is 56.1 Å². The van der Waals surface area contributed by atoms with Gasteiger partial charge in [0, 0.05) is 35.8 Å². The molecule has 0 aliphatic carbocycles. The highest BCUT2D eigenvalue weighted by Crippen LogP contribution is 2.32. The molecule has 0 saturated heterocycles. The third-order valence-electron chi connectivity index (χ3n) is 6.80. The lowest BCUT2D eigenvalue weighted by atomic mass is 10.1. The van der Waals surface area contributed by atoms with Gasteiger partial charge in [-0.25, -0.2) is 4.98 Å². The van der Waals surface area contributed by atoms with Crippen LogP contribution in [0.4, 0.5) is 0 Å². The van der Waals surface area contributed by atoms with Crippen molar-refractivity contribution in [3.8, 4) is 28.4 Å². The van der Waals surface area contributed by atoms with E-state index in [2.05, 4.69) is 90.0 Å². The Kier molecular flexibility index (Phi) is 10.4. The lowest BCUT2D eigenvalue weighted by Crippen LogP contribution is -2.26. The highest BCUT2D eigenvalue weighted by Gasteiger charge is 2.22. The van der Waals surface area contributed by atoms with Crippen LogP contribution in [0.1, 0.15) is 57.7 Å². The molecule has 4 rings (SSSR count). The Bertz CT molecular complexity index is 1250. The van der Waals surface area contributed by atoms with Crippen LogP contribution >= 0.6 is 11.6 Å². The summed E-state index contributed by atoms with van der Waals surface area (Å²) in [5.74, 6) is 1.96. The lowest BCUT2D eigenvalue weighted by molar-refractivity contribution is 0.246. The van der Waals surface area contributed by atoms with Crippen molar-refractivity contribution in [2.45, 2.75) is 66.1 Å². The van der Waals surface area contributed by atoms with Crippen LogP contribution < -0.4 is 4.74 Å². The summed E-state index contributed by atoms with van der Waals surface area (Å²) in [6.45, 7) is 10.9. The third kappa shape index (κ3) is 7.27. The van der Waals surface area contributed by atoms with E-state index in [1.807, 2.05) is 19.1 Å². The highest BCUT2D eigenvalue weighted by atomic mass is 35.5. The van der Waals surface area contributed by atoms with Crippen LogP contribution in [0.5, 0.6) is 5.75 Å². The minimum Gasteiger partial charge on any atom is -0.494 e. The number of hydrogen-bond donors (Lipinski definition) is 0. The Labute approximate surface area is 233 Å². The van der Waals surface area contributed by atoms with Gasteiger partial charge in [0.2, 0.25) is 0 Å². The zero-order chi connectivity index (χ0) is 26.7. The van der Waals surface area contributed by atoms with Crippen LogP contribution in [0.2, 0.25) is 5.02 Å². The number of halogens is 1. The Morgan fingerprint density at radius 3 is 2.16 bits per heavy atom. The van der Waals surface area contributed by atoms with Crippen LogP contribution in [0.15, 0.2) is 78.9 Å². The molecule has 0 atom stereocenters. The predicted molar refractivity (Wildman–Crippen MR) is 160 cm³/mol. The normalized spacial score (nSPS) is 11.3. The number of imidazole rings is 1. The molecular formula is C33H40ClN3O. The maximum absolute atomic E-state index is 6.26. The van der Waals surface area contributed by atoms with Crippen molar-refractivity contribution in [2.75, 3.05) is 13.2 Å². The molecule has 0 bridgehead atoms. The molecule has 200 valence electrons. The molecule has 1 heterocycles. The molecular weight excluding hydrogens is 490 g/mol. The van der Waals surface area contributed by atoms with Gasteiger partial charge in [-0.3, -0.25) is 4.90 Å². The number of aromatic nitrogens is 2. The molecule has 4 nitrogen and oxygen atoms in total. The molecule has 0 aliphatic rings. The number of unbranched alkanes of at least 4 members (excludes halogenated alkanes) is 2. The summed E-state index contributed by atoms with van der Waals surface area (Å²) in [6, 6.07) is 27.2. The van der Waals surface area contributed by atoms with E-state index in [1.165, 1.54) is 11.3 Å². The van der Waals surface area contributed by atoms with Gasteiger partial charge in [-0.15, -0.1) is 0 Å². The first-order valence-corrected chi connectivity index (χ1v) is 14.4. The molecule has 0 aliphatic heterocycles. The van der Waals surface area contributed by atoms with Gasteiger partial charge in [-0.2, -0.15) is 0 Å². The van der Waals surface area contributed by atoms with Gasteiger partial charge in [-0.1, -0.05) is 92.9 Å². The first-order valence-electron chi connectivity index (χ1n) is 14.0. The Morgan fingerprint density at radius 2 is 1.50 bits per heavy atom. The van der Waals surface area contributed by atoms with Crippen molar-refractivity contribution >= 4 is 11.6 Å². The van der Waals surface area contributed by atoms with Gasteiger partial charge in [0.05, 0.1) is 18.0 Å². The molecule has 0 amide bonds. The second kappa shape index (κ2) is 14.2. The van der Waals surface area contributed by atoms with E-state index in [4.69, 9.17) is 21.3 Å². The molecule has 0 radical (unpaired) electrons. The van der Waals surface area contributed by atoms with E-state index < -0.39 is 0 Å². The first-order chi connectivity index (χ1) is 18.6. The summed E-state index contributed by atoms with van der Waals surface area (Å²) in [7, 11) is 0. The summed E-state index contributed by atoms with van der Waals surface area (Å²) < 4.78 is 8.12. The van der Waals surface area contributed by atoms with Crippen molar-refractivity contribution in [3.63, 3.8) is 0 Å². The van der Waals surface area contributed by atoms with Crippen LogP contribution in [0.3, 0.4) is 0 Å². The summed E-state index contributed by atoms with van der Waals surface area (Å²) >= 11 is 6.26. The number of benzene rings is 3. The van der Waals surface area contributed by atoms with Crippen molar-refractivity contribution in [3.05, 3.63) is 95.1 Å². The zero-order valence-corrected chi connectivity index (χ0v) is 23.8. The molecule has 38 heavy (non-hydrogen) atoms. The van der Waals surface area contributed by atoms with Gasteiger partial charge < -0.3 is 9.30 Å². The topological polar surface area (TPSA) is 30.3 Å². The average Bonchev–Trinajstić information content (AvgIpc) is 3.30. The standard InChI is InChI=1S/C33H40ClN3O/c1-4-7-22-36(24-26-14-20-30(21-15-26)38-6-3)25-31-32(27-16-18-29(34)19-17-27)35-33(37(31)23-8-5-2)28-12-10-9-11-13-28/h9-21H,4-8,22-25H2,1-3H3. The quantitative estimate of drug-likeness (QED) is 0.163. The molecule has 0 spiro atoms. The largest absolute Gasteiger partial charge is 0.494 e. The molecule has 0 fully saturated rings. The summed E-state index contributed by atoms with van der Waals surface area (Å²) in [5, 5.41) is 0.740. The van der Waals surface area contributed by atoms with E-state index in [9.17, 15) is 0 Å². The zero-order valence-electron chi connectivity index (χ0n) is 23.0. The third-order valence-corrected chi connectivity index (χ3v) is 7.05. The fourth-order valence-corrected chi connectivity index (χ4v) is 4.90. The fraction of sp³-hybridized carbons (Fsp3) is 0.364. The van der Waals surface area contributed by atoms with Crippen LogP contribution in [-0.4, -0.2) is 27.6 Å². The summed E-state index contributed by atoms with van der Waals surface area (Å²) in [6.07, 6.45) is 4.56. The van der Waals surface area contributed by atoms with Gasteiger partial charge in [0.15, 0.2) is 0 Å². The summed E-state index contributed by atoms with van der Waals surface area (Å²) in [5.41, 5.74) is 5.86. The second-order valence-electron chi connectivity index (χ2n) is 9.75. The molecule has 1 aromatic heterocycles. The SMILES string of the molecule is CCCCN(Cc1ccc(OCC)cc1)Cc1c(-c2ccc(Cl)cc2)nc(-c2ccccc2)n1CCCC. The Balaban J connectivity index is 1.76. The van der Waals surface area contributed by atoms with Crippen LogP contribution in [0, 0.1) is 0 Å². The van der Waals surface area contributed by atoms with Crippen molar-refractivity contribution in [1.29, 1.82) is 0 Å². The number of rotatable bonds is 14. The van der Waals surface area contributed by atoms with Gasteiger partial charge >= 0.3 is 0 Å². The maximum atomic E-state index is 6.26. The van der Waals surface area contributed by atoms with E-state index in [0.29, 0.717) is 6.61 Å². The second-order valence-corrected chi connectivity index (χ2v) is 10.2. The minimum atomic E-state index is 0.681. The lowest BCUT2D eigenvalue weighted by Gasteiger charge is -2.24. The smallest absolute Gasteiger partial charge is 0.140 e. The molecule has 0 saturated carbocycles. The average molecular weight is 530 g/mol. The predicted octanol–water partition coefficient (Wildman–Crippen LogP) is 8.87. The molecule has 0 N–H and O–H groups in total. The van der Waals surface area contributed by atoms with Crippen LogP contribution in [-0.2, 0) is 19.6 Å². The minimum absolute atomic E-state index is 0.681. The number of nitrogens with zero attached hydrogens (tertiary/aromatic N) is 3. The molecule has 4 aromatic rings. The monoisotopic (exact) mass is 529 g/mol. The van der Waals surface area contributed by atoms with E-state index >= 15 is 0 Å². The fourth-order valence-electron chi connectivity index (χ4n) is 4.77. The number of ether oxygens (including phenoxy) is 1. The van der Waals surface area contributed by atoms with Crippen molar-refractivity contribution in [1.82, 2.24) is 14.5 Å². The van der Waals surface area contributed by atoms with Gasteiger partial charge in [0.25, 0.3) is 0 Å². The van der Waals surface area contributed by atoms with Crippen molar-refractivity contribution in [2.24, 2.45) is 0 Å². The number of hydrogen-bond acceptors (Lipinski definition) is 3. The summed E-state index contributed by atoms with van der Waals surface area (Å²) in [4.78, 5) is 7.84. The first kappa shape index (κ1) is 27.9. The molecule has 0 unspecified atom stereocenters. The van der Waals surface area contributed by atoms with E-state index in [1.54, 1.807) is 0 Å². The Morgan fingerprint density at radius 1 is 0.789 bits per heavy atom. The van der Waals surface area contributed by atoms with E-state index in [0.717, 1.165) is 85.3 Å². The molecule has 5 heteroatoms. The molecule has 3 aromatic carbocycles. The van der Waals surface area contributed by atoms with Gasteiger partial charge in [0.1, 0.15) is 11.6 Å². The Hall–Kier alpha value is -3.08. The van der Waals surface area contributed by atoms with Crippen LogP contribution in [0.25, 0.3) is 22.6 Å². The highest BCUT2D eigenvalue weighted by molar-refractivity contribution is 6.30. The van der Waals surface area contributed by atoms with Crippen molar-refractivity contribution < 1.29 is 4.74 Å². The van der Waals surface area contributed by atoms with E-state index in [-0.39, 0.29) is 0 Å².